The first-order valence-electron chi connectivity index (χ1n) is 9.96. The summed E-state index contributed by atoms with van der Waals surface area (Å²) in [5, 5.41) is 12.3. The van der Waals surface area contributed by atoms with E-state index >= 15 is 0 Å². The number of amides is 1. The number of carbonyl (C=O) groups excluding carboxylic acids is 1. The Morgan fingerprint density at radius 3 is 2.38 bits per heavy atom. The summed E-state index contributed by atoms with van der Waals surface area (Å²) in [5.41, 5.74) is 3.92. The van der Waals surface area contributed by atoms with Crippen LogP contribution in [0.5, 0.6) is 11.5 Å². The highest BCUT2D eigenvalue weighted by molar-refractivity contribution is 6.10. The van der Waals surface area contributed by atoms with Gasteiger partial charge in [-0.05, 0) is 66.4 Å². The molecule has 0 saturated heterocycles. The zero-order valence-electron chi connectivity index (χ0n) is 18.1. The first-order valence-corrected chi connectivity index (χ1v) is 9.96. The molecular formula is C26H23FN2O3. The van der Waals surface area contributed by atoms with E-state index in [1.807, 2.05) is 38.1 Å². The minimum Gasteiger partial charge on any atom is -0.493 e. The predicted octanol–water partition coefficient (Wildman–Crippen LogP) is 5.58. The third-order valence-corrected chi connectivity index (χ3v) is 4.89. The molecule has 3 aromatic carbocycles. The number of hydrogen-bond donors (Lipinski definition) is 1. The molecule has 0 atom stereocenters. The van der Waals surface area contributed by atoms with Gasteiger partial charge in [-0.2, -0.15) is 5.26 Å². The van der Waals surface area contributed by atoms with E-state index in [1.165, 1.54) is 25.3 Å². The van der Waals surface area contributed by atoms with Crippen molar-refractivity contribution in [2.45, 2.75) is 20.5 Å². The van der Waals surface area contributed by atoms with Crippen molar-refractivity contribution in [3.8, 4) is 17.6 Å². The number of halogens is 1. The van der Waals surface area contributed by atoms with E-state index in [4.69, 9.17) is 9.47 Å². The maximum absolute atomic E-state index is 13.0. The number of hydrogen-bond acceptors (Lipinski definition) is 4. The molecule has 0 aromatic heterocycles. The van der Waals surface area contributed by atoms with Gasteiger partial charge in [0.25, 0.3) is 5.91 Å². The second-order valence-electron chi connectivity index (χ2n) is 7.22. The van der Waals surface area contributed by atoms with E-state index in [2.05, 4.69) is 5.32 Å². The van der Waals surface area contributed by atoms with Gasteiger partial charge in [-0.3, -0.25) is 4.79 Å². The van der Waals surface area contributed by atoms with Crippen molar-refractivity contribution < 1.29 is 18.7 Å². The van der Waals surface area contributed by atoms with Crippen LogP contribution < -0.4 is 14.8 Å². The lowest BCUT2D eigenvalue weighted by Crippen LogP contribution is -2.15. The van der Waals surface area contributed by atoms with E-state index in [0.29, 0.717) is 22.7 Å². The first kappa shape index (κ1) is 22.6. The smallest absolute Gasteiger partial charge is 0.266 e. The Balaban J connectivity index is 1.77. The van der Waals surface area contributed by atoms with Gasteiger partial charge in [0.15, 0.2) is 11.5 Å². The topological polar surface area (TPSA) is 71.3 Å². The second kappa shape index (κ2) is 10.3. The van der Waals surface area contributed by atoms with Gasteiger partial charge in [0.2, 0.25) is 0 Å². The molecule has 6 heteroatoms. The van der Waals surface area contributed by atoms with E-state index in [1.54, 1.807) is 30.3 Å². The summed E-state index contributed by atoms with van der Waals surface area (Å²) in [6.07, 6.45) is 1.50. The SMILES string of the molecule is COc1cc(/C=C(\C#N)C(=O)Nc2c(C)cccc2C)ccc1OCc1ccc(F)cc1. The number of ether oxygens (including phenoxy) is 2. The molecular weight excluding hydrogens is 407 g/mol. The summed E-state index contributed by atoms with van der Waals surface area (Å²) in [4.78, 5) is 12.7. The van der Waals surface area contributed by atoms with Crippen LogP contribution in [0, 0.1) is 31.0 Å². The number of methoxy groups -OCH3 is 1. The van der Waals surface area contributed by atoms with Crippen LogP contribution in [-0.4, -0.2) is 13.0 Å². The molecule has 0 aliphatic rings. The maximum atomic E-state index is 13.0. The number of para-hydroxylation sites is 1. The van der Waals surface area contributed by atoms with Crippen molar-refractivity contribution in [2.75, 3.05) is 12.4 Å². The summed E-state index contributed by atoms with van der Waals surface area (Å²) >= 11 is 0. The molecule has 32 heavy (non-hydrogen) atoms. The van der Waals surface area contributed by atoms with Gasteiger partial charge in [0.1, 0.15) is 24.1 Å². The van der Waals surface area contributed by atoms with E-state index in [0.717, 1.165) is 16.7 Å². The molecule has 0 aliphatic carbocycles. The number of anilines is 1. The van der Waals surface area contributed by atoms with Crippen LogP contribution >= 0.6 is 0 Å². The number of nitrogens with zero attached hydrogens (tertiary/aromatic N) is 1. The zero-order valence-corrected chi connectivity index (χ0v) is 18.1. The van der Waals surface area contributed by atoms with Gasteiger partial charge in [-0.1, -0.05) is 36.4 Å². The van der Waals surface area contributed by atoms with Crippen LogP contribution in [0.1, 0.15) is 22.3 Å². The Hall–Kier alpha value is -4.11. The van der Waals surface area contributed by atoms with Crippen molar-refractivity contribution in [3.05, 3.63) is 94.3 Å². The normalized spacial score (nSPS) is 10.9. The lowest BCUT2D eigenvalue weighted by Gasteiger charge is -2.12. The average molecular weight is 430 g/mol. The number of carbonyl (C=O) groups is 1. The highest BCUT2D eigenvalue weighted by atomic mass is 19.1. The summed E-state index contributed by atoms with van der Waals surface area (Å²) in [7, 11) is 1.51. The van der Waals surface area contributed by atoms with Gasteiger partial charge >= 0.3 is 0 Å². The van der Waals surface area contributed by atoms with Crippen LogP contribution in [-0.2, 0) is 11.4 Å². The third-order valence-electron chi connectivity index (χ3n) is 4.89. The molecule has 0 spiro atoms. The number of rotatable bonds is 7. The first-order chi connectivity index (χ1) is 15.4. The quantitative estimate of drug-likeness (QED) is 0.393. The molecule has 3 rings (SSSR count). The fourth-order valence-electron chi connectivity index (χ4n) is 3.14. The molecule has 162 valence electrons. The van der Waals surface area contributed by atoms with Crippen LogP contribution in [0.3, 0.4) is 0 Å². The van der Waals surface area contributed by atoms with E-state index in [9.17, 15) is 14.4 Å². The molecule has 5 nitrogen and oxygen atoms in total. The van der Waals surface area contributed by atoms with Crippen molar-refractivity contribution in [1.82, 2.24) is 0 Å². The molecule has 3 aromatic rings. The third kappa shape index (κ3) is 5.52. The van der Waals surface area contributed by atoms with Gasteiger partial charge in [-0.15, -0.1) is 0 Å². The van der Waals surface area contributed by atoms with Gasteiger partial charge in [-0.25, -0.2) is 4.39 Å². The van der Waals surface area contributed by atoms with Crippen molar-refractivity contribution in [3.63, 3.8) is 0 Å². The molecule has 1 amide bonds. The Morgan fingerprint density at radius 2 is 1.75 bits per heavy atom. The Kier molecular flexibility index (Phi) is 7.25. The highest BCUT2D eigenvalue weighted by Gasteiger charge is 2.13. The molecule has 0 radical (unpaired) electrons. The minimum atomic E-state index is -0.486. The van der Waals surface area contributed by atoms with Gasteiger partial charge in [0.05, 0.1) is 7.11 Å². The van der Waals surface area contributed by atoms with Crippen LogP contribution in [0.4, 0.5) is 10.1 Å². The Morgan fingerprint density at radius 1 is 1.06 bits per heavy atom. The maximum Gasteiger partial charge on any atom is 0.266 e. The Labute approximate surface area is 186 Å². The van der Waals surface area contributed by atoms with Gasteiger partial charge < -0.3 is 14.8 Å². The molecule has 0 aliphatic heterocycles. The number of aryl methyl sites for hydroxylation is 2. The molecule has 0 heterocycles. The zero-order chi connectivity index (χ0) is 23.1. The van der Waals surface area contributed by atoms with Gasteiger partial charge in [0, 0.05) is 5.69 Å². The second-order valence-corrected chi connectivity index (χ2v) is 7.22. The average Bonchev–Trinajstić information content (AvgIpc) is 2.79. The van der Waals surface area contributed by atoms with Crippen LogP contribution in [0.15, 0.2) is 66.2 Å². The van der Waals surface area contributed by atoms with Crippen LogP contribution in [0.25, 0.3) is 6.08 Å². The lowest BCUT2D eigenvalue weighted by atomic mass is 10.1. The van der Waals surface area contributed by atoms with E-state index in [-0.39, 0.29) is 18.0 Å². The largest absolute Gasteiger partial charge is 0.493 e. The molecule has 0 bridgehead atoms. The minimum absolute atomic E-state index is 0.0327. The van der Waals surface area contributed by atoms with Crippen LogP contribution in [0.2, 0.25) is 0 Å². The summed E-state index contributed by atoms with van der Waals surface area (Å²) in [6.45, 7) is 4.04. The van der Waals surface area contributed by atoms with Crippen molar-refractivity contribution in [1.29, 1.82) is 5.26 Å². The molecule has 0 fully saturated rings. The highest BCUT2D eigenvalue weighted by Crippen LogP contribution is 2.30. The summed E-state index contributed by atoms with van der Waals surface area (Å²) in [5.74, 6) is 0.152. The van der Waals surface area contributed by atoms with E-state index < -0.39 is 5.91 Å². The standard InChI is InChI=1S/C26H23FN2O3/c1-17-5-4-6-18(2)25(17)29-26(30)21(15-28)13-20-9-12-23(24(14-20)31-3)32-16-19-7-10-22(27)11-8-19/h4-14H,16H2,1-3H3,(H,29,30)/b21-13+. The fourth-order valence-corrected chi connectivity index (χ4v) is 3.14. The van der Waals surface area contributed by atoms with Crippen molar-refractivity contribution >= 4 is 17.7 Å². The fraction of sp³-hybridized carbons (Fsp3) is 0.154. The molecule has 0 unspecified atom stereocenters. The molecule has 1 N–H and O–H groups in total. The predicted molar refractivity (Wildman–Crippen MR) is 122 cm³/mol. The Bertz CT molecular complexity index is 1170. The molecule has 0 saturated carbocycles. The number of nitrogens with one attached hydrogen (secondary N) is 1. The lowest BCUT2D eigenvalue weighted by molar-refractivity contribution is -0.112. The number of nitriles is 1. The number of benzene rings is 3. The monoisotopic (exact) mass is 430 g/mol. The summed E-state index contributed by atoms with van der Waals surface area (Å²) in [6, 6.07) is 18.8. The summed E-state index contributed by atoms with van der Waals surface area (Å²) < 4.78 is 24.2. The van der Waals surface area contributed by atoms with Crippen molar-refractivity contribution in [2.24, 2.45) is 0 Å².